The van der Waals surface area contributed by atoms with Crippen LogP contribution < -0.4 is 14.8 Å². The minimum Gasteiger partial charge on any atom is -0.493 e. The third kappa shape index (κ3) is 5.57. The lowest BCUT2D eigenvalue weighted by Crippen LogP contribution is -2.42. The summed E-state index contributed by atoms with van der Waals surface area (Å²) < 4.78 is 15.7. The lowest BCUT2D eigenvalue weighted by Gasteiger charge is -2.18. The van der Waals surface area contributed by atoms with Gasteiger partial charge in [0.05, 0.1) is 19.1 Å². The van der Waals surface area contributed by atoms with Crippen molar-refractivity contribution < 1.29 is 33.4 Å². The number of benzene rings is 2. The van der Waals surface area contributed by atoms with Gasteiger partial charge in [0.1, 0.15) is 6.04 Å². The second-order valence-corrected chi connectivity index (χ2v) is 8.33. The number of hydrogen-bond acceptors (Lipinski definition) is 8. The van der Waals surface area contributed by atoms with E-state index in [9.17, 15) is 19.2 Å². The van der Waals surface area contributed by atoms with E-state index in [0.29, 0.717) is 28.8 Å². The molecule has 2 aromatic rings. The zero-order chi connectivity index (χ0) is 24.8. The van der Waals surface area contributed by atoms with Gasteiger partial charge in [-0.25, -0.2) is 4.79 Å². The number of hydrogen-bond donors (Lipinski definition) is 1. The van der Waals surface area contributed by atoms with Crippen LogP contribution in [0, 0.1) is 6.92 Å². The molecule has 1 N–H and O–H groups in total. The van der Waals surface area contributed by atoms with Crippen LogP contribution >= 0.6 is 11.8 Å². The van der Waals surface area contributed by atoms with Gasteiger partial charge in [-0.05, 0) is 49.9 Å². The predicted molar refractivity (Wildman–Crippen MR) is 128 cm³/mol. The zero-order valence-corrected chi connectivity index (χ0v) is 19.9. The number of nitrogens with zero attached hydrogens (tertiary/aromatic N) is 1. The zero-order valence-electron chi connectivity index (χ0n) is 19.1. The van der Waals surface area contributed by atoms with E-state index < -0.39 is 23.2 Å². The number of rotatable bonds is 8. The number of imide groups is 1. The van der Waals surface area contributed by atoms with Crippen molar-refractivity contribution >= 4 is 46.5 Å². The number of methoxy groups -OCH3 is 2. The van der Waals surface area contributed by atoms with E-state index >= 15 is 0 Å². The smallest absolute Gasteiger partial charge is 0.328 e. The highest BCUT2D eigenvalue weighted by molar-refractivity contribution is 8.18. The highest BCUT2D eigenvalue weighted by Gasteiger charge is 2.41. The number of nitrogens with one attached hydrogen (secondary N) is 1. The van der Waals surface area contributed by atoms with Crippen LogP contribution in [-0.2, 0) is 19.1 Å². The van der Waals surface area contributed by atoms with Gasteiger partial charge in [-0.15, -0.1) is 0 Å². The van der Waals surface area contributed by atoms with Gasteiger partial charge in [-0.1, -0.05) is 29.8 Å². The molecule has 9 nitrogen and oxygen atoms in total. The molecule has 1 saturated heterocycles. The van der Waals surface area contributed by atoms with Crippen molar-refractivity contribution in [1.82, 2.24) is 4.90 Å². The third-order valence-corrected chi connectivity index (χ3v) is 5.84. The molecule has 3 amide bonds. The molecular weight excluding hydrogens is 460 g/mol. The summed E-state index contributed by atoms with van der Waals surface area (Å²) in [6.45, 7) is 3.05. The van der Waals surface area contributed by atoms with E-state index in [0.717, 1.165) is 10.5 Å². The highest BCUT2D eigenvalue weighted by atomic mass is 32.2. The Bertz CT molecular complexity index is 1140. The Balaban J connectivity index is 1.80. The summed E-state index contributed by atoms with van der Waals surface area (Å²) in [6, 6.07) is 11.3. The van der Waals surface area contributed by atoms with Gasteiger partial charge in [0, 0.05) is 11.3 Å². The van der Waals surface area contributed by atoms with E-state index in [1.54, 1.807) is 30.3 Å². The maximum Gasteiger partial charge on any atom is 0.328 e. The van der Waals surface area contributed by atoms with Gasteiger partial charge < -0.3 is 19.5 Å². The van der Waals surface area contributed by atoms with Gasteiger partial charge in [0.15, 0.2) is 18.1 Å². The minimum atomic E-state index is -1.06. The molecule has 178 valence electrons. The first-order valence-corrected chi connectivity index (χ1v) is 11.1. The molecule has 1 aliphatic rings. The second-order valence-electron chi connectivity index (χ2n) is 7.33. The van der Waals surface area contributed by atoms with E-state index in [1.165, 1.54) is 27.2 Å². The number of aryl methyl sites for hydroxylation is 1. The van der Waals surface area contributed by atoms with E-state index in [2.05, 4.69) is 10.1 Å². The maximum absolute atomic E-state index is 12.8. The first-order chi connectivity index (χ1) is 16.2. The summed E-state index contributed by atoms with van der Waals surface area (Å²) in [5.41, 5.74) is 2.13. The molecule has 0 bridgehead atoms. The molecule has 10 heteroatoms. The first kappa shape index (κ1) is 24.8. The van der Waals surface area contributed by atoms with Crippen LogP contribution in [0.5, 0.6) is 11.5 Å². The van der Waals surface area contributed by atoms with Crippen molar-refractivity contribution in [3.63, 3.8) is 0 Å². The van der Waals surface area contributed by atoms with Crippen molar-refractivity contribution in [3.8, 4) is 11.5 Å². The first-order valence-electron chi connectivity index (χ1n) is 10.3. The fraction of sp³-hybridized carbons (Fsp3) is 0.250. The number of ether oxygens (including phenoxy) is 3. The average molecular weight is 485 g/mol. The number of carbonyl (C=O) groups excluding carboxylic acids is 4. The molecule has 1 atom stereocenters. The topological polar surface area (TPSA) is 111 Å². The molecule has 0 radical (unpaired) electrons. The summed E-state index contributed by atoms with van der Waals surface area (Å²) in [4.78, 5) is 50.3. The summed E-state index contributed by atoms with van der Waals surface area (Å²) >= 11 is 0.697. The van der Waals surface area contributed by atoms with Crippen LogP contribution in [0.15, 0.2) is 47.4 Å². The van der Waals surface area contributed by atoms with Crippen molar-refractivity contribution in [2.24, 2.45) is 0 Å². The average Bonchev–Trinajstić information content (AvgIpc) is 3.10. The molecule has 0 saturated carbocycles. The number of para-hydroxylation sites is 1. The van der Waals surface area contributed by atoms with Crippen LogP contribution in [0.2, 0.25) is 0 Å². The highest BCUT2D eigenvalue weighted by Crippen LogP contribution is 2.38. The Morgan fingerprint density at radius 2 is 1.82 bits per heavy atom. The normalized spacial score (nSPS) is 15.3. The molecular formula is C24H24N2O7S. The molecule has 0 unspecified atom stereocenters. The van der Waals surface area contributed by atoms with Gasteiger partial charge in [-0.3, -0.25) is 19.3 Å². The lowest BCUT2D eigenvalue weighted by molar-refractivity contribution is -0.148. The summed E-state index contributed by atoms with van der Waals surface area (Å²) in [6.07, 6.45) is 1.46. The van der Waals surface area contributed by atoms with Crippen LogP contribution in [0.1, 0.15) is 18.1 Å². The largest absolute Gasteiger partial charge is 0.493 e. The van der Waals surface area contributed by atoms with Crippen molar-refractivity contribution in [2.45, 2.75) is 19.9 Å². The quantitative estimate of drug-likeness (QED) is 0.447. The fourth-order valence-corrected chi connectivity index (χ4v) is 4.06. The minimum absolute atomic E-state index is 0.1000. The predicted octanol–water partition coefficient (Wildman–Crippen LogP) is 3.62. The van der Waals surface area contributed by atoms with Gasteiger partial charge in [0.25, 0.3) is 17.1 Å². The van der Waals surface area contributed by atoms with E-state index in [4.69, 9.17) is 9.47 Å². The lowest BCUT2D eigenvalue weighted by atomic mass is 10.1. The molecule has 1 heterocycles. The standard InChI is InChI=1S/C24H24N2O7S/c1-14-8-10-17(11-9-14)25-20(27)13-33-21-16(6-5-7-18(21)31-3)12-19-22(28)26(24(30)34-19)15(2)23(29)32-4/h5-12,15H,13H2,1-4H3,(H,25,27)/b19-12+/t15-/m0/s1. The summed E-state index contributed by atoms with van der Waals surface area (Å²) in [7, 11) is 2.63. The number of anilines is 1. The molecule has 2 aromatic carbocycles. The molecule has 0 aliphatic carbocycles. The molecule has 0 spiro atoms. The van der Waals surface area contributed by atoms with Crippen molar-refractivity contribution in [1.29, 1.82) is 0 Å². The van der Waals surface area contributed by atoms with E-state index in [-0.39, 0.29) is 23.2 Å². The molecule has 34 heavy (non-hydrogen) atoms. The molecule has 1 fully saturated rings. The van der Waals surface area contributed by atoms with Crippen LogP contribution in [0.25, 0.3) is 6.08 Å². The van der Waals surface area contributed by atoms with Crippen LogP contribution in [0.3, 0.4) is 0 Å². The number of carbonyl (C=O) groups is 4. The molecule has 3 rings (SSSR count). The van der Waals surface area contributed by atoms with Gasteiger partial charge >= 0.3 is 5.97 Å². The van der Waals surface area contributed by atoms with Crippen molar-refractivity contribution in [3.05, 3.63) is 58.5 Å². The Hall–Kier alpha value is -3.79. The summed E-state index contributed by atoms with van der Waals surface area (Å²) in [5.74, 6) is -1.13. The monoisotopic (exact) mass is 484 g/mol. The van der Waals surface area contributed by atoms with Gasteiger partial charge in [-0.2, -0.15) is 0 Å². The SMILES string of the molecule is COC(=O)[C@H](C)N1C(=O)S/C(=C/c2cccc(OC)c2OCC(=O)Nc2ccc(C)cc2)C1=O. The number of thioether (sulfide) groups is 1. The summed E-state index contributed by atoms with van der Waals surface area (Å²) in [5, 5.41) is 2.16. The fourth-order valence-electron chi connectivity index (χ4n) is 3.16. The molecule has 0 aromatic heterocycles. The third-order valence-electron chi connectivity index (χ3n) is 4.95. The Morgan fingerprint density at radius 3 is 2.47 bits per heavy atom. The van der Waals surface area contributed by atoms with E-state index in [1.807, 2.05) is 19.1 Å². The Labute approximate surface area is 201 Å². The number of esters is 1. The van der Waals surface area contributed by atoms with Gasteiger partial charge in [0.2, 0.25) is 0 Å². The van der Waals surface area contributed by atoms with Crippen LogP contribution in [0.4, 0.5) is 10.5 Å². The van der Waals surface area contributed by atoms with Crippen molar-refractivity contribution in [2.75, 3.05) is 26.1 Å². The Morgan fingerprint density at radius 1 is 1.12 bits per heavy atom. The maximum atomic E-state index is 12.8. The number of amides is 3. The van der Waals surface area contributed by atoms with Crippen LogP contribution in [-0.4, -0.2) is 54.8 Å². The molecule has 1 aliphatic heterocycles. The Kier molecular flexibility index (Phi) is 7.95. The second kappa shape index (κ2) is 10.9.